The van der Waals surface area contributed by atoms with Crippen LogP contribution in [0.4, 0.5) is 0 Å². The Kier molecular flexibility index (Phi) is 12.8. The van der Waals surface area contributed by atoms with Gasteiger partial charge in [-0.25, -0.2) is 0 Å². The van der Waals surface area contributed by atoms with Gasteiger partial charge in [0.2, 0.25) is 5.75 Å². The molecule has 0 aliphatic heterocycles. The Morgan fingerprint density at radius 2 is 0.847 bits per heavy atom. The van der Waals surface area contributed by atoms with Crippen molar-refractivity contribution in [2.24, 2.45) is 0 Å². The molecule has 0 aromatic heterocycles. The van der Waals surface area contributed by atoms with Crippen molar-refractivity contribution in [2.75, 3.05) is 0 Å². The van der Waals surface area contributed by atoms with Gasteiger partial charge < -0.3 is 18.6 Å². The largest absolute Gasteiger partial charge is 0.533 e. The average Bonchev–Trinajstić information content (AvgIpc) is 3.27. The summed E-state index contributed by atoms with van der Waals surface area (Å²) in [6.45, 7) is 7.27. The molecule has 7 aromatic rings. The number of hydrogen-bond acceptors (Lipinski definition) is 6. The first kappa shape index (κ1) is 40.5. The molecule has 7 aromatic carbocycles. The highest BCUT2D eigenvalue weighted by atomic mass is 28.4. The lowest BCUT2D eigenvalue weighted by molar-refractivity contribution is 0.0892. The van der Waals surface area contributed by atoms with Crippen LogP contribution in [0, 0.1) is 0 Å². The van der Waals surface area contributed by atoms with Crippen LogP contribution in [0.25, 0.3) is 0 Å². The average molecular weight is 797 g/mol. The first-order chi connectivity index (χ1) is 28.7. The quantitative estimate of drug-likeness (QED) is 0.0519. The smallest absolute Gasteiger partial charge is 0.319 e. The minimum Gasteiger partial charge on any atom is -0.533 e. The van der Waals surface area contributed by atoms with Gasteiger partial charge in [-0.3, -0.25) is 9.59 Å². The van der Waals surface area contributed by atoms with Crippen LogP contribution in [0.3, 0.4) is 0 Å². The standard InChI is InChI=1S/C52H48O6Si/c1-52(2,3)59(43-27-15-7-16-28-43,44-29-17-8-18-30-44)58-48-32-20-19-31-45(48)47(54)35-46(53)42-33-49(55-36-39-21-9-4-10-22-39)51(57-38-41-25-13-6-14-26-41)50(34-42)56-37-40-23-11-5-12-24-40/h4-34H,35-38H2,1-3H3. The first-order valence-electron chi connectivity index (χ1n) is 19.8. The van der Waals surface area contributed by atoms with Crippen molar-refractivity contribution in [1.82, 2.24) is 0 Å². The zero-order valence-electron chi connectivity index (χ0n) is 33.7. The number of para-hydroxylation sites is 1. The van der Waals surface area contributed by atoms with Crippen molar-refractivity contribution in [3.8, 4) is 23.0 Å². The third-order valence-electron chi connectivity index (χ3n) is 10.2. The molecule has 0 aliphatic carbocycles. The van der Waals surface area contributed by atoms with Crippen LogP contribution in [0.5, 0.6) is 23.0 Å². The Morgan fingerprint density at radius 3 is 1.29 bits per heavy atom. The molecule has 7 rings (SSSR count). The molecule has 0 unspecified atom stereocenters. The topological polar surface area (TPSA) is 71.1 Å². The Hall–Kier alpha value is -6.70. The summed E-state index contributed by atoms with van der Waals surface area (Å²) < 4.78 is 26.6. The fraction of sp³-hybridized carbons (Fsp3) is 0.154. The number of rotatable bonds is 17. The number of carbonyl (C=O) groups is 2. The van der Waals surface area contributed by atoms with Crippen LogP contribution >= 0.6 is 0 Å². The molecule has 0 bridgehead atoms. The van der Waals surface area contributed by atoms with E-state index in [2.05, 4.69) is 45.0 Å². The Bertz CT molecular complexity index is 2340. The molecule has 0 aliphatic rings. The van der Waals surface area contributed by atoms with E-state index >= 15 is 0 Å². The Labute approximate surface area is 348 Å². The van der Waals surface area contributed by atoms with E-state index in [9.17, 15) is 9.59 Å². The van der Waals surface area contributed by atoms with Gasteiger partial charge in [0.1, 0.15) is 25.6 Å². The molecule has 0 atom stereocenters. The molecular formula is C52H48O6Si. The van der Waals surface area contributed by atoms with E-state index in [1.54, 1.807) is 24.3 Å². The predicted octanol–water partition coefficient (Wildman–Crippen LogP) is 10.8. The van der Waals surface area contributed by atoms with Gasteiger partial charge in [0, 0.05) is 5.56 Å². The molecule has 0 fully saturated rings. The van der Waals surface area contributed by atoms with E-state index in [0.29, 0.717) is 28.6 Å². The van der Waals surface area contributed by atoms with Crippen LogP contribution in [-0.4, -0.2) is 19.9 Å². The number of carbonyl (C=O) groups excluding carboxylic acids is 2. The summed E-state index contributed by atoms with van der Waals surface area (Å²) >= 11 is 0. The summed E-state index contributed by atoms with van der Waals surface area (Å²) in [6.07, 6.45) is -0.401. The van der Waals surface area contributed by atoms with Crippen molar-refractivity contribution >= 4 is 30.3 Å². The summed E-state index contributed by atoms with van der Waals surface area (Å²) in [5.74, 6) is 0.740. The molecule has 296 valence electrons. The van der Waals surface area contributed by atoms with E-state index < -0.39 is 14.7 Å². The summed E-state index contributed by atoms with van der Waals surface area (Å²) in [5.41, 5.74) is 3.45. The monoisotopic (exact) mass is 796 g/mol. The molecule has 0 radical (unpaired) electrons. The number of Topliss-reactive ketones (excluding diaryl/α,β-unsaturated/α-hetero) is 2. The van der Waals surface area contributed by atoms with Gasteiger partial charge in [0.15, 0.2) is 23.1 Å². The van der Waals surface area contributed by atoms with Gasteiger partial charge >= 0.3 is 8.32 Å². The highest BCUT2D eigenvalue weighted by molar-refractivity contribution is 7.00. The maximum Gasteiger partial charge on any atom is 0.319 e. The maximum absolute atomic E-state index is 14.4. The maximum atomic E-state index is 14.4. The van der Waals surface area contributed by atoms with E-state index in [4.69, 9.17) is 18.6 Å². The van der Waals surface area contributed by atoms with Gasteiger partial charge in [0.25, 0.3) is 0 Å². The lowest BCUT2D eigenvalue weighted by Gasteiger charge is -2.43. The molecule has 0 amide bonds. The second-order valence-electron chi connectivity index (χ2n) is 15.4. The number of benzene rings is 7. The minimum absolute atomic E-state index is 0.226. The molecule has 7 heteroatoms. The van der Waals surface area contributed by atoms with Gasteiger partial charge in [-0.1, -0.05) is 185 Å². The van der Waals surface area contributed by atoms with E-state index in [0.717, 1.165) is 27.1 Å². The van der Waals surface area contributed by atoms with Crippen LogP contribution in [0.2, 0.25) is 5.04 Å². The highest BCUT2D eigenvalue weighted by Gasteiger charge is 2.52. The third kappa shape index (κ3) is 9.71. The summed E-state index contributed by atoms with van der Waals surface area (Å²) in [5, 5.41) is 1.83. The molecule has 0 saturated heterocycles. The molecular weight excluding hydrogens is 749 g/mol. The van der Waals surface area contributed by atoms with E-state index in [1.165, 1.54) is 0 Å². The third-order valence-corrected chi connectivity index (χ3v) is 15.2. The zero-order valence-corrected chi connectivity index (χ0v) is 34.7. The van der Waals surface area contributed by atoms with Gasteiger partial charge in [-0.05, 0) is 56.4 Å². The molecule has 59 heavy (non-hydrogen) atoms. The Balaban J connectivity index is 1.24. The fourth-order valence-corrected chi connectivity index (χ4v) is 11.7. The predicted molar refractivity (Wildman–Crippen MR) is 237 cm³/mol. The summed E-state index contributed by atoms with van der Waals surface area (Å²) in [4.78, 5) is 28.8. The second kappa shape index (κ2) is 18.7. The van der Waals surface area contributed by atoms with E-state index in [-0.39, 0.29) is 42.0 Å². The summed E-state index contributed by atoms with van der Waals surface area (Å²) in [6, 6.07) is 60.5. The lowest BCUT2D eigenvalue weighted by atomic mass is 10.00. The molecule has 0 heterocycles. The fourth-order valence-electron chi connectivity index (χ4n) is 7.24. The number of hydrogen-bond donors (Lipinski definition) is 0. The molecule has 0 N–H and O–H groups in total. The minimum atomic E-state index is -3.08. The van der Waals surface area contributed by atoms with Crippen LogP contribution in [-0.2, 0) is 19.8 Å². The molecule has 6 nitrogen and oxygen atoms in total. The van der Waals surface area contributed by atoms with Crippen molar-refractivity contribution < 1.29 is 28.2 Å². The van der Waals surface area contributed by atoms with Crippen LogP contribution in [0.15, 0.2) is 188 Å². The number of ether oxygens (including phenoxy) is 3. The van der Waals surface area contributed by atoms with Crippen LogP contribution < -0.4 is 29.0 Å². The molecule has 0 spiro atoms. The SMILES string of the molecule is CC(C)(C)[Si](Oc1ccccc1C(=O)CC(=O)c1cc(OCc2ccccc2)c(OCc2ccccc2)c(OCc2ccccc2)c1)(c1ccccc1)c1ccccc1. The van der Waals surface area contributed by atoms with Gasteiger partial charge in [-0.15, -0.1) is 0 Å². The Morgan fingerprint density at radius 1 is 0.458 bits per heavy atom. The zero-order chi connectivity index (χ0) is 41.1. The van der Waals surface area contributed by atoms with E-state index in [1.807, 2.05) is 140 Å². The first-order valence-corrected chi connectivity index (χ1v) is 21.8. The van der Waals surface area contributed by atoms with Gasteiger partial charge in [0.05, 0.1) is 12.0 Å². The van der Waals surface area contributed by atoms with Gasteiger partial charge in [-0.2, -0.15) is 0 Å². The second-order valence-corrected chi connectivity index (χ2v) is 19.6. The lowest BCUT2D eigenvalue weighted by Crippen LogP contribution is -2.69. The molecule has 0 saturated carbocycles. The van der Waals surface area contributed by atoms with Crippen molar-refractivity contribution in [1.29, 1.82) is 0 Å². The van der Waals surface area contributed by atoms with Crippen LogP contribution in [0.1, 0.15) is 64.6 Å². The van der Waals surface area contributed by atoms with Crippen molar-refractivity contribution in [3.63, 3.8) is 0 Å². The normalized spacial score (nSPS) is 11.4. The van der Waals surface area contributed by atoms with Crippen molar-refractivity contribution in [3.05, 3.63) is 216 Å². The highest BCUT2D eigenvalue weighted by Crippen LogP contribution is 2.42. The summed E-state index contributed by atoms with van der Waals surface area (Å²) in [7, 11) is -3.08. The van der Waals surface area contributed by atoms with Crippen molar-refractivity contribution in [2.45, 2.75) is 52.1 Å². The number of ketones is 2.